The first-order chi connectivity index (χ1) is 7.79. The van der Waals surface area contributed by atoms with Gasteiger partial charge in [-0.1, -0.05) is 6.92 Å². The van der Waals surface area contributed by atoms with Crippen LogP contribution >= 0.6 is 0 Å². The van der Waals surface area contributed by atoms with E-state index in [1.165, 1.54) is 38.9 Å². The molecule has 0 amide bonds. The Morgan fingerprint density at radius 1 is 1.38 bits per heavy atom. The summed E-state index contributed by atoms with van der Waals surface area (Å²) in [5.74, 6) is 0. The Hall–Kier alpha value is -0.120. The zero-order valence-corrected chi connectivity index (χ0v) is 11.2. The van der Waals surface area contributed by atoms with E-state index < -0.39 is 0 Å². The summed E-state index contributed by atoms with van der Waals surface area (Å²) < 4.78 is 5.19. The van der Waals surface area contributed by atoms with Gasteiger partial charge < -0.3 is 10.1 Å². The molecule has 0 bridgehead atoms. The fraction of sp³-hybridized carbons (Fsp3) is 1.00. The van der Waals surface area contributed by atoms with Crippen LogP contribution < -0.4 is 5.32 Å². The number of nitrogens with zero attached hydrogens (tertiary/aromatic N) is 1. The van der Waals surface area contributed by atoms with Crippen molar-refractivity contribution in [3.8, 4) is 0 Å². The molecule has 1 saturated heterocycles. The summed E-state index contributed by atoms with van der Waals surface area (Å²) in [4.78, 5) is 2.69. The molecule has 1 heterocycles. The van der Waals surface area contributed by atoms with Crippen LogP contribution in [0.5, 0.6) is 0 Å². The maximum absolute atomic E-state index is 5.19. The summed E-state index contributed by atoms with van der Waals surface area (Å²) in [5.41, 5.74) is 0. The molecule has 1 aliphatic heterocycles. The van der Waals surface area contributed by atoms with Gasteiger partial charge in [-0.3, -0.25) is 4.90 Å². The van der Waals surface area contributed by atoms with Gasteiger partial charge in [0.05, 0.1) is 0 Å². The first-order valence-electron chi connectivity index (χ1n) is 6.75. The van der Waals surface area contributed by atoms with E-state index in [4.69, 9.17) is 4.74 Å². The van der Waals surface area contributed by atoms with Gasteiger partial charge in [0.1, 0.15) is 0 Å². The van der Waals surface area contributed by atoms with Crippen molar-refractivity contribution in [3.05, 3.63) is 0 Å². The Morgan fingerprint density at radius 2 is 2.06 bits per heavy atom. The highest BCUT2D eigenvalue weighted by atomic mass is 16.5. The summed E-state index contributed by atoms with van der Waals surface area (Å²) in [5, 5.41) is 3.44. The topological polar surface area (TPSA) is 24.5 Å². The lowest BCUT2D eigenvalue weighted by molar-refractivity contribution is 0.0886. The summed E-state index contributed by atoms with van der Waals surface area (Å²) in [6.07, 6.45) is 5.01. The van der Waals surface area contributed by atoms with Gasteiger partial charge in [-0.05, 0) is 52.2 Å². The van der Waals surface area contributed by atoms with Crippen LogP contribution in [0.1, 0.15) is 39.5 Å². The van der Waals surface area contributed by atoms with Crippen LogP contribution in [-0.2, 0) is 4.74 Å². The van der Waals surface area contributed by atoms with E-state index in [0.29, 0.717) is 6.04 Å². The lowest BCUT2D eigenvalue weighted by Crippen LogP contribution is -2.47. The van der Waals surface area contributed by atoms with Crippen LogP contribution in [0.15, 0.2) is 0 Å². The number of methoxy groups -OCH3 is 1. The fourth-order valence-corrected chi connectivity index (χ4v) is 2.61. The standard InChI is InChI=1S/C13H28N2O/c1-4-10-15(12(2)7-11-16-3)13-5-8-14-9-6-13/h12-14H,4-11H2,1-3H3. The van der Waals surface area contributed by atoms with E-state index in [1.807, 2.05) is 0 Å². The molecule has 3 heteroatoms. The molecule has 0 aromatic rings. The molecule has 1 unspecified atom stereocenters. The van der Waals surface area contributed by atoms with Gasteiger partial charge >= 0.3 is 0 Å². The molecule has 0 aliphatic carbocycles. The zero-order valence-electron chi connectivity index (χ0n) is 11.2. The normalized spacial score (nSPS) is 20.2. The van der Waals surface area contributed by atoms with E-state index in [9.17, 15) is 0 Å². The minimum atomic E-state index is 0.656. The van der Waals surface area contributed by atoms with Gasteiger partial charge in [-0.2, -0.15) is 0 Å². The van der Waals surface area contributed by atoms with Crippen molar-refractivity contribution in [2.75, 3.05) is 33.4 Å². The van der Waals surface area contributed by atoms with Crippen molar-refractivity contribution >= 4 is 0 Å². The van der Waals surface area contributed by atoms with Crippen LogP contribution in [0.4, 0.5) is 0 Å². The van der Waals surface area contributed by atoms with Crippen molar-refractivity contribution in [1.29, 1.82) is 0 Å². The molecule has 0 saturated carbocycles. The molecule has 0 aromatic heterocycles. The highest BCUT2D eigenvalue weighted by molar-refractivity contribution is 4.81. The van der Waals surface area contributed by atoms with Crippen LogP contribution in [0.2, 0.25) is 0 Å². The van der Waals surface area contributed by atoms with Gasteiger partial charge in [-0.25, -0.2) is 0 Å². The molecule has 1 atom stereocenters. The van der Waals surface area contributed by atoms with Gasteiger partial charge in [0.2, 0.25) is 0 Å². The van der Waals surface area contributed by atoms with Crippen molar-refractivity contribution < 1.29 is 4.74 Å². The molecular formula is C13H28N2O. The summed E-state index contributed by atoms with van der Waals surface area (Å²) >= 11 is 0. The lowest BCUT2D eigenvalue weighted by atomic mass is 10.0. The molecule has 1 rings (SSSR count). The van der Waals surface area contributed by atoms with Crippen LogP contribution in [0, 0.1) is 0 Å². The third-order valence-electron chi connectivity index (χ3n) is 3.57. The van der Waals surface area contributed by atoms with Crippen molar-refractivity contribution in [2.24, 2.45) is 0 Å². The number of nitrogens with one attached hydrogen (secondary N) is 1. The van der Waals surface area contributed by atoms with Gasteiger partial charge in [0.25, 0.3) is 0 Å². The average Bonchev–Trinajstić information content (AvgIpc) is 2.34. The van der Waals surface area contributed by atoms with Gasteiger partial charge in [0, 0.05) is 25.8 Å². The number of rotatable bonds is 7. The van der Waals surface area contributed by atoms with Crippen molar-refractivity contribution in [2.45, 2.75) is 51.6 Å². The highest BCUT2D eigenvalue weighted by Crippen LogP contribution is 2.17. The van der Waals surface area contributed by atoms with Crippen molar-refractivity contribution in [1.82, 2.24) is 10.2 Å². The molecular weight excluding hydrogens is 200 g/mol. The predicted molar refractivity (Wildman–Crippen MR) is 68.8 cm³/mol. The molecule has 96 valence electrons. The second-order valence-electron chi connectivity index (χ2n) is 4.85. The Labute approximate surface area is 101 Å². The van der Waals surface area contributed by atoms with Crippen LogP contribution in [0.25, 0.3) is 0 Å². The Balaban J connectivity index is 2.43. The smallest absolute Gasteiger partial charge is 0.0477 e. The van der Waals surface area contributed by atoms with E-state index in [1.54, 1.807) is 7.11 Å². The maximum Gasteiger partial charge on any atom is 0.0477 e. The number of hydrogen-bond donors (Lipinski definition) is 1. The minimum Gasteiger partial charge on any atom is -0.385 e. The summed E-state index contributed by atoms with van der Waals surface area (Å²) in [6.45, 7) is 9.10. The molecule has 0 aromatic carbocycles. The number of hydrogen-bond acceptors (Lipinski definition) is 3. The van der Waals surface area contributed by atoms with Crippen LogP contribution in [0.3, 0.4) is 0 Å². The van der Waals surface area contributed by atoms with Crippen LogP contribution in [-0.4, -0.2) is 50.3 Å². The molecule has 1 fully saturated rings. The summed E-state index contributed by atoms with van der Waals surface area (Å²) in [7, 11) is 1.79. The molecule has 1 aliphatic rings. The number of ether oxygens (including phenoxy) is 1. The molecule has 16 heavy (non-hydrogen) atoms. The van der Waals surface area contributed by atoms with Gasteiger partial charge in [0.15, 0.2) is 0 Å². The first-order valence-corrected chi connectivity index (χ1v) is 6.75. The second-order valence-corrected chi connectivity index (χ2v) is 4.85. The van der Waals surface area contributed by atoms with E-state index in [2.05, 4.69) is 24.1 Å². The number of piperidine rings is 1. The third kappa shape index (κ3) is 4.40. The van der Waals surface area contributed by atoms with Crippen molar-refractivity contribution in [3.63, 3.8) is 0 Å². The molecule has 3 nitrogen and oxygen atoms in total. The second kappa shape index (κ2) is 8.04. The summed E-state index contributed by atoms with van der Waals surface area (Å²) in [6, 6.07) is 1.44. The van der Waals surface area contributed by atoms with E-state index >= 15 is 0 Å². The predicted octanol–water partition coefficient (Wildman–Crippen LogP) is 1.88. The first kappa shape index (κ1) is 13.9. The molecule has 0 radical (unpaired) electrons. The highest BCUT2D eigenvalue weighted by Gasteiger charge is 2.23. The lowest BCUT2D eigenvalue weighted by Gasteiger charge is -2.38. The van der Waals surface area contributed by atoms with E-state index in [-0.39, 0.29) is 0 Å². The SMILES string of the molecule is CCCN(C(C)CCOC)C1CCNCC1. The Kier molecular flexibility index (Phi) is 7.01. The maximum atomic E-state index is 5.19. The fourth-order valence-electron chi connectivity index (χ4n) is 2.61. The zero-order chi connectivity index (χ0) is 11.8. The average molecular weight is 228 g/mol. The monoisotopic (exact) mass is 228 g/mol. The Morgan fingerprint density at radius 3 is 2.62 bits per heavy atom. The third-order valence-corrected chi connectivity index (χ3v) is 3.57. The largest absolute Gasteiger partial charge is 0.385 e. The molecule has 1 N–H and O–H groups in total. The Bertz CT molecular complexity index is 169. The van der Waals surface area contributed by atoms with E-state index in [0.717, 1.165) is 19.1 Å². The molecule has 0 spiro atoms. The quantitative estimate of drug-likeness (QED) is 0.720. The van der Waals surface area contributed by atoms with Gasteiger partial charge in [-0.15, -0.1) is 0 Å². The minimum absolute atomic E-state index is 0.656.